The minimum Gasteiger partial charge on any atom is -0.223 e. The van der Waals surface area contributed by atoms with Gasteiger partial charge in [-0.05, 0) is 22.0 Å². The maximum Gasteiger partial charge on any atom is 0.265 e. The Hall–Kier alpha value is -0.670. The largest absolute Gasteiger partial charge is 0.265 e. The third kappa shape index (κ3) is 2.67. The summed E-state index contributed by atoms with van der Waals surface area (Å²) >= 11 is 2.53. The number of nitrogens with two attached hydrogens (primary N) is 1. The van der Waals surface area contributed by atoms with E-state index in [1.54, 1.807) is 0 Å². The molecule has 0 unspecified atom stereocenters. The van der Waals surface area contributed by atoms with Crippen molar-refractivity contribution in [3.05, 3.63) is 22.1 Å². The molecule has 0 aliphatic rings. The molecule has 0 radical (unpaired) electrons. The summed E-state index contributed by atoms with van der Waals surface area (Å²) in [5.74, 6) is -1.35. The van der Waals surface area contributed by atoms with Gasteiger partial charge in [0.2, 0.25) is 5.95 Å². The molecule has 15 heavy (non-hydrogen) atoms. The number of rotatable bonds is 2. The summed E-state index contributed by atoms with van der Waals surface area (Å²) in [6.07, 6.45) is -3.03. The molecule has 1 rings (SSSR count). The molecule has 0 aromatic carbocycles. The molecule has 0 spiro atoms. The fourth-order valence-electron chi connectivity index (χ4n) is 0.798. The molecule has 1 aromatic heterocycles. The van der Waals surface area contributed by atoms with Crippen LogP contribution in [0.5, 0.6) is 0 Å². The fraction of sp³-hybridized carbons (Fsp3) is 0.167. The lowest BCUT2D eigenvalue weighted by Crippen LogP contribution is -2.15. The second kappa shape index (κ2) is 4.06. The maximum absolute atomic E-state index is 12.9. The number of hydrogen-bond acceptors (Lipinski definition) is 3. The van der Waals surface area contributed by atoms with E-state index in [0.29, 0.717) is 6.07 Å². The Morgan fingerprint density at radius 3 is 2.40 bits per heavy atom. The van der Waals surface area contributed by atoms with E-state index in [0.717, 1.165) is 0 Å². The summed E-state index contributed by atoms with van der Waals surface area (Å²) < 4.78 is 58.5. The molecule has 84 valence electrons. The van der Waals surface area contributed by atoms with Gasteiger partial charge < -0.3 is 0 Å². The van der Waals surface area contributed by atoms with E-state index >= 15 is 0 Å². The van der Waals surface area contributed by atoms with Gasteiger partial charge in [0.1, 0.15) is 0 Å². The Kier molecular flexibility index (Phi) is 3.36. The van der Waals surface area contributed by atoms with Gasteiger partial charge in [-0.3, -0.25) is 0 Å². The Balaban J connectivity index is 3.50. The number of hydrogen-bond donors (Lipinski definition) is 1. The van der Waals surface area contributed by atoms with Gasteiger partial charge in [0.15, 0.2) is 5.03 Å². The number of aromatic nitrogens is 1. The Morgan fingerprint density at radius 2 is 2.00 bits per heavy atom. The smallest absolute Gasteiger partial charge is 0.223 e. The molecule has 0 amide bonds. The first-order valence-electron chi connectivity index (χ1n) is 3.40. The molecular formula is C6H4BrF3N2O2S. The molecule has 0 bridgehead atoms. The lowest BCUT2D eigenvalue weighted by molar-refractivity contribution is 0.149. The molecule has 2 N–H and O–H groups in total. The summed E-state index contributed by atoms with van der Waals surface area (Å²) in [5.41, 5.74) is -0.813. The quantitative estimate of drug-likeness (QED) is 0.843. The van der Waals surface area contributed by atoms with Crippen molar-refractivity contribution in [2.75, 3.05) is 0 Å². The molecule has 0 saturated heterocycles. The highest BCUT2D eigenvalue weighted by molar-refractivity contribution is 9.10. The first kappa shape index (κ1) is 12.4. The third-order valence-corrected chi connectivity index (χ3v) is 3.03. The zero-order chi connectivity index (χ0) is 11.8. The standard InChI is InChI=1S/C6H4BrF3N2O2S/c7-4-2(5(8)9)1-3(12-6(4)10)15(11,13)14/h1,5H,(H2,11,13,14). The number of nitrogens with zero attached hydrogens (tertiary/aromatic N) is 1. The summed E-state index contributed by atoms with van der Waals surface area (Å²) in [4.78, 5) is 2.93. The van der Waals surface area contributed by atoms with E-state index in [-0.39, 0.29) is 0 Å². The minimum atomic E-state index is -4.30. The molecule has 1 aromatic rings. The predicted octanol–water partition coefficient (Wildman–Crippen LogP) is 1.57. The van der Waals surface area contributed by atoms with Crippen LogP contribution in [-0.4, -0.2) is 13.4 Å². The number of pyridine rings is 1. The van der Waals surface area contributed by atoms with Crippen molar-refractivity contribution in [3.8, 4) is 0 Å². The fourth-order valence-corrected chi connectivity index (χ4v) is 1.67. The molecule has 0 aliphatic carbocycles. The van der Waals surface area contributed by atoms with Crippen LogP contribution in [0, 0.1) is 5.95 Å². The number of halogens is 4. The van der Waals surface area contributed by atoms with Gasteiger partial charge in [0, 0.05) is 5.56 Å². The van der Waals surface area contributed by atoms with Crippen molar-refractivity contribution in [2.45, 2.75) is 11.5 Å². The number of primary sulfonamides is 1. The van der Waals surface area contributed by atoms with Crippen LogP contribution < -0.4 is 5.14 Å². The molecular weight excluding hydrogens is 301 g/mol. The van der Waals surface area contributed by atoms with Crippen LogP contribution in [0.25, 0.3) is 0 Å². The number of sulfonamides is 1. The van der Waals surface area contributed by atoms with Crippen molar-refractivity contribution >= 4 is 26.0 Å². The minimum absolute atomic E-state index is 0.521. The van der Waals surface area contributed by atoms with E-state index in [1.165, 1.54) is 0 Å². The first-order valence-corrected chi connectivity index (χ1v) is 5.74. The van der Waals surface area contributed by atoms with Crippen LogP contribution in [0.3, 0.4) is 0 Å². The third-order valence-electron chi connectivity index (χ3n) is 1.45. The Bertz CT molecular complexity index is 491. The van der Waals surface area contributed by atoms with Crippen LogP contribution in [-0.2, 0) is 10.0 Å². The van der Waals surface area contributed by atoms with Crippen molar-refractivity contribution < 1.29 is 21.6 Å². The van der Waals surface area contributed by atoms with Gasteiger partial charge in [-0.2, -0.15) is 4.39 Å². The predicted molar refractivity (Wildman–Crippen MR) is 48.2 cm³/mol. The van der Waals surface area contributed by atoms with Crippen molar-refractivity contribution in [1.82, 2.24) is 4.98 Å². The lowest BCUT2D eigenvalue weighted by Gasteiger charge is -2.05. The van der Waals surface area contributed by atoms with Gasteiger partial charge in [-0.15, -0.1) is 0 Å². The van der Waals surface area contributed by atoms with E-state index in [2.05, 4.69) is 26.1 Å². The molecule has 0 saturated carbocycles. The SMILES string of the molecule is NS(=O)(=O)c1cc(C(F)F)c(Br)c(F)n1. The topological polar surface area (TPSA) is 73.1 Å². The van der Waals surface area contributed by atoms with E-state index in [9.17, 15) is 21.6 Å². The Morgan fingerprint density at radius 1 is 1.47 bits per heavy atom. The van der Waals surface area contributed by atoms with Crippen LogP contribution in [0.1, 0.15) is 12.0 Å². The van der Waals surface area contributed by atoms with Crippen LogP contribution in [0.15, 0.2) is 15.6 Å². The molecule has 1 heterocycles. The summed E-state index contributed by atoms with van der Waals surface area (Å²) in [6.45, 7) is 0. The van der Waals surface area contributed by atoms with Crippen molar-refractivity contribution in [2.24, 2.45) is 5.14 Å². The van der Waals surface area contributed by atoms with Crippen LogP contribution >= 0.6 is 15.9 Å². The maximum atomic E-state index is 12.9. The molecule has 0 atom stereocenters. The van der Waals surface area contributed by atoms with Gasteiger partial charge in [-0.1, -0.05) is 0 Å². The van der Waals surface area contributed by atoms with Crippen LogP contribution in [0.2, 0.25) is 0 Å². The normalized spacial score (nSPS) is 12.1. The van der Waals surface area contributed by atoms with Crippen molar-refractivity contribution in [3.63, 3.8) is 0 Å². The highest BCUT2D eigenvalue weighted by atomic mass is 79.9. The van der Waals surface area contributed by atoms with Gasteiger partial charge in [0.05, 0.1) is 4.47 Å². The highest BCUT2D eigenvalue weighted by Crippen LogP contribution is 2.29. The van der Waals surface area contributed by atoms with E-state index < -0.39 is 37.5 Å². The average molecular weight is 305 g/mol. The summed E-state index contributed by atoms with van der Waals surface area (Å²) in [5, 5.41) is 3.70. The highest BCUT2D eigenvalue weighted by Gasteiger charge is 2.21. The molecule has 0 fully saturated rings. The second-order valence-corrected chi connectivity index (χ2v) is 4.80. The van der Waals surface area contributed by atoms with E-state index in [4.69, 9.17) is 0 Å². The van der Waals surface area contributed by atoms with Gasteiger partial charge in [-0.25, -0.2) is 27.3 Å². The van der Waals surface area contributed by atoms with Crippen molar-refractivity contribution in [1.29, 1.82) is 0 Å². The first-order chi connectivity index (χ1) is 6.73. The van der Waals surface area contributed by atoms with E-state index in [1.807, 2.05) is 0 Å². The zero-order valence-corrected chi connectivity index (χ0v) is 9.32. The molecule has 9 heteroatoms. The lowest BCUT2D eigenvalue weighted by atomic mass is 10.3. The van der Waals surface area contributed by atoms with Crippen LogP contribution in [0.4, 0.5) is 13.2 Å². The summed E-state index contributed by atoms with van der Waals surface area (Å²) in [6, 6.07) is 0.521. The molecule has 0 aliphatic heterocycles. The van der Waals surface area contributed by atoms with Gasteiger partial charge >= 0.3 is 0 Å². The Labute approximate surface area is 91.5 Å². The second-order valence-electron chi connectivity index (χ2n) is 2.50. The average Bonchev–Trinajstić information content (AvgIpc) is 2.06. The monoisotopic (exact) mass is 304 g/mol. The van der Waals surface area contributed by atoms with Gasteiger partial charge in [0.25, 0.3) is 16.4 Å². The summed E-state index contributed by atoms with van der Waals surface area (Å²) in [7, 11) is -4.30. The zero-order valence-electron chi connectivity index (χ0n) is 6.92. The molecule has 4 nitrogen and oxygen atoms in total. The number of alkyl halides is 2.